The van der Waals surface area contributed by atoms with Crippen molar-refractivity contribution in [3.63, 3.8) is 0 Å². The summed E-state index contributed by atoms with van der Waals surface area (Å²) in [4.78, 5) is 4.20. The molecular weight excluding hydrogens is 260 g/mol. The van der Waals surface area contributed by atoms with E-state index < -0.39 is 18.6 Å². The highest BCUT2D eigenvalue weighted by Crippen LogP contribution is 2.27. The first-order valence-electron chi connectivity index (χ1n) is 6.16. The summed E-state index contributed by atoms with van der Waals surface area (Å²) >= 11 is 0. The molecule has 0 unspecified atom stereocenters. The van der Waals surface area contributed by atoms with E-state index in [0.29, 0.717) is 44.2 Å². The Balaban J connectivity index is 1.84. The first-order valence-corrected chi connectivity index (χ1v) is 6.16. The van der Waals surface area contributed by atoms with E-state index in [9.17, 15) is 8.78 Å². The van der Waals surface area contributed by atoms with Crippen LogP contribution in [0.1, 0.15) is 24.6 Å². The second-order valence-corrected chi connectivity index (χ2v) is 4.50. The fraction of sp³-hybridized carbons (Fsp3) is 0.818. The minimum absolute atomic E-state index is 0.129. The van der Waals surface area contributed by atoms with E-state index in [-0.39, 0.29) is 6.61 Å². The Morgan fingerprint density at radius 2 is 2.11 bits per heavy atom. The van der Waals surface area contributed by atoms with Crippen LogP contribution in [-0.4, -0.2) is 43.0 Å². The summed E-state index contributed by atoms with van der Waals surface area (Å²) in [5, 5.41) is 3.78. The Labute approximate surface area is 109 Å². The molecule has 6 nitrogen and oxygen atoms in total. The first kappa shape index (κ1) is 14.3. The molecular formula is C11H17F2N3O3. The molecule has 0 bridgehead atoms. The van der Waals surface area contributed by atoms with Gasteiger partial charge in [0.15, 0.2) is 5.82 Å². The number of hydrogen-bond acceptors (Lipinski definition) is 6. The number of nitrogens with two attached hydrogens (primary N) is 1. The monoisotopic (exact) mass is 277 g/mol. The maximum atomic E-state index is 11.9. The van der Waals surface area contributed by atoms with Crippen molar-refractivity contribution in [2.24, 2.45) is 5.73 Å². The van der Waals surface area contributed by atoms with Crippen molar-refractivity contribution < 1.29 is 22.8 Å². The highest BCUT2D eigenvalue weighted by molar-refractivity contribution is 5.03. The summed E-state index contributed by atoms with van der Waals surface area (Å²) in [6, 6.07) is 0. The van der Waals surface area contributed by atoms with Gasteiger partial charge in [-0.3, -0.25) is 0 Å². The van der Waals surface area contributed by atoms with Gasteiger partial charge in [0.2, 0.25) is 5.89 Å². The van der Waals surface area contributed by atoms with E-state index in [4.69, 9.17) is 19.7 Å². The van der Waals surface area contributed by atoms with Gasteiger partial charge in [-0.25, -0.2) is 8.78 Å². The quantitative estimate of drug-likeness (QED) is 0.776. The van der Waals surface area contributed by atoms with Crippen LogP contribution in [0.15, 0.2) is 4.52 Å². The summed E-state index contributed by atoms with van der Waals surface area (Å²) in [5.41, 5.74) is 5.54. The fourth-order valence-corrected chi connectivity index (χ4v) is 1.84. The minimum Gasteiger partial charge on any atom is -0.381 e. The maximum Gasteiger partial charge on any atom is 0.261 e. The highest BCUT2D eigenvalue weighted by Gasteiger charge is 2.35. The summed E-state index contributed by atoms with van der Waals surface area (Å²) in [6.45, 7) is 0.671. The zero-order valence-electron chi connectivity index (χ0n) is 10.5. The van der Waals surface area contributed by atoms with E-state index in [1.54, 1.807) is 0 Å². The Morgan fingerprint density at radius 3 is 2.79 bits per heavy atom. The normalized spacial score (nSPS) is 18.9. The van der Waals surface area contributed by atoms with Gasteiger partial charge in [0.25, 0.3) is 6.43 Å². The number of rotatable bonds is 6. The Kier molecular flexibility index (Phi) is 4.78. The van der Waals surface area contributed by atoms with Gasteiger partial charge in [-0.05, 0) is 12.8 Å². The fourth-order valence-electron chi connectivity index (χ4n) is 1.84. The van der Waals surface area contributed by atoms with Gasteiger partial charge in [-0.1, -0.05) is 5.16 Å². The molecule has 8 heteroatoms. The number of hydrogen-bond donors (Lipinski definition) is 1. The molecule has 1 aromatic heterocycles. The van der Waals surface area contributed by atoms with Gasteiger partial charge in [-0.2, -0.15) is 4.98 Å². The number of ether oxygens (including phenoxy) is 2. The minimum atomic E-state index is -2.46. The van der Waals surface area contributed by atoms with Crippen LogP contribution < -0.4 is 5.73 Å². The Hall–Kier alpha value is -1.12. The molecule has 2 rings (SSSR count). The standard InChI is InChI=1S/C11H17F2N3O3/c12-8(13)7-18-4-1-9-15-10(19-16-9)11(14)2-5-17-6-3-11/h8H,1-7,14H2. The number of alkyl halides is 2. The molecule has 0 saturated carbocycles. The molecule has 0 aliphatic carbocycles. The molecule has 0 amide bonds. The molecule has 19 heavy (non-hydrogen) atoms. The van der Waals surface area contributed by atoms with Crippen LogP contribution in [0.5, 0.6) is 0 Å². The third-order valence-corrected chi connectivity index (χ3v) is 2.99. The molecule has 2 heterocycles. The van der Waals surface area contributed by atoms with Crippen LogP contribution in [0, 0.1) is 0 Å². The van der Waals surface area contributed by atoms with E-state index in [2.05, 4.69) is 10.1 Å². The van der Waals surface area contributed by atoms with Crippen LogP contribution in [0.4, 0.5) is 8.78 Å². The molecule has 1 fully saturated rings. The number of aromatic nitrogens is 2. The zero-order valence-corrected chi connectivity index (χ0v) is 10.5. The third kappa shape index (κ3) is 3.92. The van der Waals surface area contributed by atoms with Crippen molar-refractivity contribution in [3.8, 4) is 0 Å². The van der Waals surface area contributed by atoms with Crippen LogP contribution in [0.25, 0.3) is 0 Å². The zero-order chi connectivity index (χ0) is 13.7. The number of halogens is 2. The topological polar surface area (TPSA) is 83.4 Å². The van der Waals surface area contributed by atoms with Crippen LogP contribution in [0.2, 0.25) is 0 Å². The molecule has 1 aliphatic heterocycles. The van der Waals surface area contributed by atoms with Gasteiger partial charge in [-0.15, -0.1) is 0 Å². The molecule has 0 spiro atoms. The highest BCUT2D eigenvalue weighted by atomic mass is 19.3. The summed E-state index contributed by atoms with van der Waals surface area (Å²) in [7, 11) is 0. The molecule has 1 aromatic rings. The summed E-state index contributed by atoms with van der Waals surface area (Å²) < 4.78 is 38.8. The van der Waals surface area contributed by atoms with Crippen molar-refractivity contribution in [2.75, 3.05) is 26.4 Å². The van der Waals surface area contributed by atoms with Gasteiger partial charge in [0.05, 0.1) is 6.61 Å². The van der Waals surface area contributed by atoms with Crippen LogP contribution >= 0.6 is 0 Å². The second-order valence-electron chi connectivity index (χ2n) is 4.50. The summed E-state index contributed by atoms with van der Waals surface area (Å²) in [5.74, 6) is 0.792. The van der Waals surface area contributed by atoms with Crippen molar-refractivity contribution in [1.82, 2.24) is 10.1 Å². The van der Waals surface area contributed by atoms with E-state index in [1.807, 2.05) is 0 Å². The molecule has 0 radical (unpaired) electrons. The first-order chi connectivity index (χ1) is 9.10. The third-order valence-electron chi connectivity index (χ3n) is 2.99. The van der Waals surface area contributed by atoms with Crippen LogP contribution in [-0.2, 0) is 21.4 Å². The van der Waals surface area contributed by atoms with Gasteiger partial charge in [0, 0.05) is 19.6 Å². The van der Waals surface area contributed by atoms with Crippen molar-refractivity contribution in [3.05, 3.63) is 11.7 Å². The van der Waals surface area contributed by atoms with Crippen LogP contribution in [0.3, 0.4) is 0 Å². The Bertz CT molecular complexity index is 394. The predicted octanol–water partition coefficient (Wildman–Crippen LogP) is 0.858. The average Bonchev–Trinajstić information content (AvgIpc) is 2.85. The summed E-state index contributed by atoms with van der Waals surface area (Å²) in [6.07, 6.45) is -0.897. The molecule has 2 N–H and O–H groups in total. The largest absolute Gasteiger partial charge is 0.381 e. The van der Waals surface area contributed by atoms with E-state index in [0.717, 1.165) is 0 Å². The van der Waals surface area contributed by atoms with E-state index >= 15 is 0 Å². The van der Waals surface area contributed by atoms with E-state index in [1.165, 1.54) is 0 Å². The lowest BCUT2D eigenvalue weighted by molar-refractivity contribution is 0.0182. The van der Waals surface area contributed by atoms with Crippen molar-refractivity contribution >= 4 is 0 Å². The lowest BCUT2D eigenvalue weighted by Gasteiger charge is -2.29. The molecule has 0 aromatic carbocycles. The van der Waals surface area contributed by atoms with Gasteiger partial charge >= 0.3 is 0 Å². The second kappa shape index (κ2) is 6.36. The number of nitrogens with zero attached hydrogens (tertiary/aromatic N) is 2. The molecule has 108 valence electrons. The predicted molar refractivity (Wildman–Crippen MR) is 60.7 cm³/mol. The molecule has 1 saturated heterocycles. The molecule has 0 atom stereocenters. The smallest absolute Gasteiger partial charge is 0.261 e. The van der Waals surface area contributed by atoms with Crippen molar-refractivity contribution in [2.45, 2.75) is 31.2 Å². The lowest BCUT2D eigenvalue weighted by Crippen LogP contribution is -2.42. The van der Waals surface area contributed by atoms with Crippen molar-refractivity contribution in [1.29, 1.82) is 0 Å². The lowest BCUT2D eigenvalue weighted by atomic mass is 9.91. The molecule has 1 aliphatic rings. The van der Waals surface area contributed by atoms with Gasteiger partial charge in [0.1, 0.15) is 12.1 Å². The average molecular weight is 277 g/mol. The maximum absolute atomic E-state index is 11.9. The van der Waals surface area contributed by atoms with Gasteiger partial charge < -0.3 is 19.7 Å². The SMILES string of the molecule is NC1(c2nc(CCOCC(F)F)no2)CCOCC1. The Morgan fingerprint density at radius 1 is 1.37 bits per heavy atom.